The number of nitrogens with one attached hydrogen (secondary N) is 1. The van der Waals surface area contributed by atoms with Gasteiger partial charge in [-0.2, -0.15) is 0 Å². The molecule has 6 heteroatoms. The largest absolute Gasteiger partial charge is 0.352 e. The van der Waals surface area contributed by atoms with Crippen LogP contribution in [0.5, 0.6) is 0 Å². The maximum Gasteiger partial charge on any atom is 0.251 e. The molecule has 0 aromatic heterocycles. The molecule has 2 aliphatic rings. The summed E-state index contributed by atoms with van der Waals surface area (Å²) in [6.07, 6.45) is 3.02. The highest BCUT2D eigenvalue weighted by atomic mass is 32.2. The maximum atomic E-state index is 12.2. The van der Waals surface area contributed by atoms with Gasteiger partial charge in [-0.3, -0.25) is 4.79 Å². The Kier molecular flexibility index (Phi) is 3.75. The van der Waals surface area contributed by atoms with Gasteiger partial charge < -0.3 is 11.1 Å². The number of benzene rings is 1. The van der Waals surface area contributed by atoms with Crippen LogP contribution in [0.15, 0.2) is 18.2 Å². The minimum Gasteiger partial charge on any atom is -0.352 e. The number of sulfone groups is 1. The fraction of sp³-hybridized carbons (Fsp3) is 0.533. The quantitative estimate of drug-likeness (QED) is 0.851. The zero-order valence-corrected chi connectivity index (χ0v) is 12.7. The van der Waals surface area contributed by atoms with Crippen molar-refractivity contribution in [2.24, 2.45) is 5.73 Å². The first-order valence-corrected chi connectivity index (χ1v) is 9.09. The molecule has 1 saturated heterocycles. The van der Waals surface area contributed by atoms with E-state index in [9.17, 15) is 13.2 Å². The van der Waals surface area contributed by atoms with Gasteiger partial charge in [-0.15, -0.1) is 0 Å². The summed E-state index contributed by atoms with van der Waals surface area (Å²) in [5, 5.41) is 2.27. The molecule has 0 saturated carbocycles. The van der Waals surface area contributed by atoms with Crippen LogP contribution < -0.4 is 11.1 Å². The van der Waals surface area contributed by atoms with Crippen molar-refractivity contribution >= 4 is 15.7 Å². The molecule has 1 fully saturated rings. The summed E-state index contributed by atoms with van der Waals surface area (Å²) in [4.78, 5) is 11.9. The molecular weight excluding hydrogens is 288 g/mol. The van der Waals surface area contributed by atoms with Gasteiger partial charge in [0.1, 0.15) is 0 Å². The topological polar surface area (TPSA) is 89.3 Å². The average molecular weight is 308 g/mol. The molecule has 3 N–H and O–H groups in total. The second-order valence-corrected chi connectivity index (χ2v) is 8.19. The summed E-state index contributed by atoms with van der Waals surface area (Å²) >= 11 is 0. The van der Waals surface area contributed by atoms with Gasteiger partial charge in [0, 0.05) is 18.2 Å². The van der Waals surface area contributed by atoms with Crippen LogP contribution in [-0.4, -0.2) is 31.9 Å². The predicted molar refractivity (Wildman–Crippen MR) is 80.8 cm³/mol. The van der Waals surface area contributed by atoms with Gasteiger partial charge in [-0.1, -0.05) is 18.6 Å². The highest BCUT2D eigenvalue weighted by Gasteiger charge is 2.34. The lowest BCUT2D eigenvalue weighted by Crippen LogP contribution is -2.38. The number of nitrogens with two attached hydrogens (primary N) is 1. The lowest BCUT2D eigenvalue weighted by molar-refractivity contribution is 0.0946. The van der Waals surface area contributed by atoms with E-state index in [4.69, 9.17) is 5.73 Å². The van der Waals surface area contributed by atoms with E-state index >= 15 is 0 Å². The van der Waals surface area contributed by atoms with Gasteiger partial charge in [0.05, 0.1) is 11.0 Å². The first kappa shape index (κ1) is 14.5. The summed E-state index contributed by atoms with van der Waals surface area (Å²) in [5.74, 6) is 0.119. The summed E-state index contributed by atoms with van der Waals surface area (Å²) in [6, 6.07) is 4.97. The van der Waals surface area contributed by atoms with Crippen molar-refractivity contribution in [2.75, 3.05) is 12.3 Å². The van der Waals surface area contributed by atoms with Crippen molar-refractivity contribution in [1.29, 1.82) is 0 Å². The standard InChI is InChI=1S/C15H20N2O3S/c16-14(13-3-1-2-8-21(13,19)20)11-5-4-10-6-7-17-15(18)12(10)9-11/h4-5,9,13-14H,1-3,6-8,16H2,(H,17,18). The van der Waals surface area contributed by atoms with Crippen LogP contribution in [0.1, 0.15) is 46.8 Å². The molecule has 2 aliphatic heterocycles. The van der Waals surface area contributed by atoms with Crippen molar-refractivity contribution < 1.29 is 13.2 Å². The van der Waals surface area contributed by atoms with Gasteiger partial charge in [0.15, 0.2) is 9.84 Å². The summed E-state index contributed by atoms with van der Waals surface area (Å²) < 4.78 is 24.4. The van der Waals surface area contributed by atoms with Crippen LogP contribution in [0.3, 0.4) is 0 Å². The number of carbonyl (C=O) groups excluding carboxylic acids is 1. The molecule has 2 heterocycles. The average Bonchev–Trinajstić information content (AvgIpc) is 2.46. The smallest absolute Gasteiger partial charge is 0.251 e. The summed E-state index contributed by atoms with van der Waals surface area (Å²) in [5.41, 5.74) is 8.58. The van der Waals surface area contributed by atoms with Crippen LogP contribution >= 0.6 is 0 Å². The molecule has 21 heavy (non-hydrogen) atoms. The number of hydrogen-bond acceptors (Lipinski definition) is 4. The monoisotopic (exact) mass is 308 g/mol. The third-order valence-corrected chi connectivity index (χ3v) is 6.78. The molecule has 0 spiro atoms. The summed E-state index contributed by atoms with van der Waals surface area (Å²) in [7, 11) is -3.13. The van der Waals surface area contributed by atoms with E-state index in [0.29, 0.717) is 18.5 Å². The van der Waals surface area contributed by atoms with Crippen molar-refractivity contribution in [1.82, 2.24) is 5.32 Å². The van der Waals surface area contributed by atoms with E-state index in [2.05, 4.69) is 5.32 Å². The minimum atomic E-state index is -3.13. The molecule has 1 amide bonds. The molecule has 2 atom stereocenters. The minimum absolute atomic E-state index is 0.100. The van der Waals surface area contributed by atoms with Gasteiger partial charge in [0.25, 0.3) is 5.91 Å². The van der Waals surface area contributed by atoms with Crippen LogP contribution in [0.2, 0.25) is 0 Å². The Hall–Kier alpha value is -1.40. The van der Waals surface area contributed by atoms with E-state index < -0.39 is 21.1 Å². The van der Waals surface area contributed by atoms with Crippen LogP contribution in [0, 0.1) is 0 Å². The lowest BCUT2D eigenvalue weighted by atomic mass is 9.93. The maximum absolute atomic E-state index is 12.2. The highest BCUT2D eigenvalue weighted by Crippen LogP contribution is 2.30. The highest BCUT2D eigenvalue weighted by molar-refractivity contribution is 7.92. The molecular formula is C15H20N2O3S. The molecule has 3 rings (SSSR count). The first-order chi connectivity index (χ1) is 9.99. The second-order valence-electron chi connectivity index (χ2n) is 5.85. The van der Waals surface area contributed by atoms with Gasteiger partial charge in [-0.25, -0.2) is 8.42 Å². The molecule has 2 unspecified atom stereocenters. The van der Waals surface area contributed by atoms with E-state index in [1.807, 2.05) is 12.1 Å². The second kappa shape index (κ2) is 5.42. The number of hydrogen-bond donors (Lipinski definition) is 2. The fourth-order valence-electron chi connectivity index (χ4n) is 3.23. The molecule has 5 nitrogen and oxygen atoms in total. The SMILES string of the molecule is NC(c1ccc2c(c1)C(=O)NCC2)C1CCCCS1(=O)=O. The van der Waals surface area contributed by atoms with Crippen LogP contribution in [-0.2, 0) is 16.3 Å². The molecule has 114 valence electrons. The molecule has 0 radical (unpaired) electrons. The third kappa shape index (κ3) is 2.70. The van der Waals surface area contributed by atoms with E-state index in [1.165, 1.54) is 0 Å². The van der Waals surface area contributed by atoms with Crippen molar-refractivity contribution in [3.8, 4) is 0 Å². The van der Waals surface area contributed by atoms with Crippen molar-refractivity contribution in [3.63, 3.8) is 0 Å². The van der Waals surface area contributed by atoms with Crippen LogP contribution in [0.4, 0.5) is 0 Å². The number of rotatable bonds is 2. The van der Waals surface area contributed by atoms with Gasteiger partial charge >= 0.3 is 0 Å². The third-order valence-electron chi connectivity index (χ3n) is 4.47. The molecule has 0 aliphatic carbocycles. The van der Waals surface area contributed by atoms with E-state index in [-0.39, 0.29) is 11.7 Å². The Morgan fingerprint density at radius 3 is 2.86 bits per heavy atom. The fourth-order valence-corrected chi connectivity index (χ4v) is 5.27. The Labute approximate surface area is 124 Å². The number of fused-ring (bicyclic) bond motifs is 1. The van der Waals surface area contributed by atoms with Gasteiger partial charge in [-0.05, 0) is 36.5 Å². The molecule has 1 aromatic carbocycles. The Bertz CT molecular complexity index is 669. The normalized spacial score (nSPS) is 25.8. The van der Waals surface area contributed by atoms with Crippen molar-refractivity contribution in [2.45, 2.75) is 37.0 Å². The Morgan fingerprint density at radius 2 is 2.10 bits per heavy atom. The zero-order valence-electron chi connectivity index (χ0n) is 11.8. The van der Waals surface area contributed by atoms with E-state index in [1.54, 1.807) is 6.07 Å². The summed E-state index contributed by atoms with van der Waals surface area (Å²) in [6.45, 7) is 0.647. The molecule has 0 bridgehead atoms. The lowest BCUT2D eigenvalue weighted by Gasteiger charge is -2.28. The predicted octanol–water partition coefficient (Wildman–Crippen LogP) is 0.940. The molecule has 1 aromatic rings. The zero-order chi connectivity index (χ0) is 15.0. The van der Waals surface area contributed by atoms with Crippen molar-refractivity contribution in [3.05, 3.63) is 34.9 Å². The van der Waals surface area contributed by atoms with Crippen LogP contribution in [0.25, 0.3) is 0 Å². The number of amides is 1. The Balaban J connectivity index is 1.93. The Morgan fingerprint density at radius 1 is 1.29 bits per heavy atom. The number of carbonyl (C=O) groups is 1. The van der Waals surface area contributed by atoms with E-state index in [0.717, 1.165) is 30.4 Å². The van der Waals surface area contributed by atoms with Gasteiger partial charge in [0.2, 0.25) is 0 Å². The first-order valence-electron chi connectivity index (χ1n) is 7.37.